The molecule has 0 fully saturated rings. The first-order chi connectivity index (χ1) is 4.99. The summed E-state index contributed by atoms with van der Waals surface area (Å²) in [5.74, 6) is -1.11. The second-order valence-corrected chi connectivity index (χ2v) is 3.50. The van der Waals surface area contributed by atoms with Crippen LogP contribution >= 0.6 is 0 Å². The molecule has 0 saturated heterocycles. The van der Waals surface area contributed by atoms with Crippen molar-refractivity contribution >= 4 is 21.6 Å². The molecular formula is C4H6N2O4S. The number of nitrogens with one attached hydrogen (secondary N) is 1. The van der Waals surface area contributed by atoms with Crippen LogP contribution in [0.25, 0.3) is 0 Å². The van der Waals surface area contributed by atoms with E-state index < -0.39 is 21.7 Å². The van der Waals surface area contributed by atoms with Gasteiger partial charge in [0.15, 0.2) is 0 Å². The van der Waals surface area contributed by atoms with Crippen molar-refractivity contribution < 1.29 is 17.8 Å². The second kappa shape index (κ2) is 2.59. The molecule has 0 aromatic rings. The van der Waals surface area contributed by atoms with Gasteiger partial charge in [0.05, 0.1) is 6.54 Å². The maximum atomic E-state index is 10.7. The van der Waals surface area contributed by atoms with Gasteiger partial charge in [-0.25, -0.2) is 0 Å². The topological polar surface area (TPSA) is 95.8 Å². The largest absolute Gasteiger partial charge is 0.302 e. The van der Waals surface area contributed by atoms with Crippen LogP contribution in [0.4, 0.5) is 0 Å². The summed E-state index contributed by atoms with van der Waals surface area (Å²) in [6.45, 7) is 0.00481. The minimum atomic E-state index is -4.13. The number of hydrazone groups is 1. The summed E-state index contributed by atoms with van der Waals surface area (Å²) in [7, 11) is -4.13. The van der Waals surface area contributed by atoms with Crippen LogP contribution in [0.15, 0.2) is 5.10 Å². The molecule has 0 radical (unpaired) electrons. The molecule has 0 aromatic heterocycles. The van der Waals surface area contributed by atoms with Crippen LogP contribution in [0, 0.1) is 0 Å². The van der Waals surface area contributed by atoms with Crippen molar-refractivity contribution in [2.24, 2.45) is 5.10 Å². The van der Waals surface area contributed by atoms with E-state index in [1.807, 2.05) is 0 Å². The van der Waals surface area contributed by atoms with Gasteiger partial charge in [-0.15, -0.1) is 0 Å². The van der Waals surface area contributed by atoms with E-state index in [0.717, 1.165) is 0 Å². The number of nitrogens with zero attached hydrogens (tertiary/aromatic N) is 1. The molecule has 1 rings (SSSR count). The van der Waals surface area contributed by atoms with Crippen LogP contribution in [-0.2, 0) is 14.9 Å². The average Bonchev–Trinajstić information content (AvgIpc) is 2.12. The summed E-state index contributed by atoms with van der Waals surface area (Å²) < 4.78 is 28.8. The maximum absolute atomic E-state index is 10.7. The fraction of sp³-hybridized carbons (Fsp3) is 0.500. The zero-order valence-electron chi connectivity index (χ0n) is 5.44. The molecule has 0 aromatic carbocycles. The third-order valence-corrected chi connectivity index (χ3v) is 1.73. The van der Waals surface area contributed by atoms with Crippen LogP contribution in [-0.4, -0.2) is 36.8 Å². The van der Waals surface area contributed by atoms with Gasteiger partial charge in [0.25, 0.3) is 10.1 Å². The Balaban J connectivity index is 2.72. The molecule has 7 heteroatoms. The Hall–Kier alpha value is -0.950. The highest BCUT2D eigenvalue weighted by atomic mass is 32.2. The third-order valence-electron chi connectivity index (χ3n) is 1.09. The summed E-state index contributed by atoms with van der Waals surface area (Å²) in [6, 6.07) is 0. The number of hydrogen-bond acceptors (Lipinski definition) is 5. The summed E-state index contributed by atoms with van der Waals surface area (Å²) in [5, 5.41) is 3.38. The van der Waals surface area contributed by atoms with E-state index in [1.165, 1.54) is 0 Å². The smallest absolute Gasteiger partial charge is 0.270 e. The molecule has 0 unspecified atom stereocenters. The molecular weight excluding hydrogens is 172 g/mol. The van der Waals surface area contributed by atoms with E-state index in [1.54, 1.807) is 0 Å². The lowest BCUT2D eigenvalue weighted by Gasteiger charge is -1.91. The van der Waals surface area contributed by atoms with Crippen LogP contribution in [0.5, 0.6) is 0 Å². The Morgan fingerprint density at radius 1 is 1.64 bits per heavy atom. The van der Waals surface area contributed by atoms with Gasteiger partial charge >= 0.3 is 0 Å². The second-order valence-electron chi connectivity index (χ2n) is 2.04. The Labute approximate surface area is 63.0 Å². The van der Waals surface area contributed by atoms with Crippen LogP contribution < -0.4 is 5.43 Å². The molecule has 2 N–H and O–H groups in total. The number of hydrogen-bond donors (Lipinski definition) is 2. The highest BCUT2D eigenvalue weighted by Gasteiger charge is 2.21. The summed E-state index contributed by atoms with van der Waals surface area (Å²) in [5.41, 5.74) is 2.16. The average molecular weight is 178 g/mol. The molecule has 0 bridgehead atoms. The molecule has 6 nitrogen and oxygen atoms in total. The number of ketones is 1. The fourth-order valence-corrected chi connectivity index (χ4v) is 1.23. The van der Waals surface area contributed by atoms with Gasteiger partial charge in [-0.1, -0.05) is 0 Å². The van der Waals surface area contributed by atoms with Crippen molar-refractivity contribution in [1.82, 2.24) is 5.43 Å². The Morgan fingerprint density at radius 3 is 2.64 bits per heavy atom. The first-order valence-electron chi connectivity index (χ1n) is 2.77. The van der Waals surface area contributed by atoms with Crippen molar-refractivity contribution in [1.29, 1.82) is 0 Å². The molecule has 11 heavy (non-hydrogen) atoms. The zero-order valence-corrected chi connectivity index (χ0v) is 6.26. The monoisotopic (exact) mass is 178 g/mol. The highest BCUT2D eigenvalue weighted by Crippen LogP contribution is 1.93. The quantitative estimate of drug-likeness (QED) is 0.496. The van der Waals surface area contributed by atoms with Crippen LogP contribution in [0.1, 0.15) is 0 Å². The van der Waals surface area contributed by atoms with Gasteiger partial charge in [0, 0.05) is 0 Å². The number of Topliss-reactive ketones (excluding diaryl/α,β-unsaturated/α-hetero) is 1. The van der Waals surface area contributed by atoms with E-state index in [4.69, 9.17) is 4.55 Å². The molecule has 62 valence electrons. The minimum absolute atomic E-state index is 0.00481. The van der Waals surface area contributed by atoms with E-state index in [-0.39, 0.29) is 12.3 Å². The first kappa shape index (κ1) is 8.15. The summed E-state index contributed by atoms with van der Waals surface area (Å²) in [6.07, 6.45) is 0. The SMILES string of the molecule is O=C1CNN=C1CS(=O)(=O)O. The van der Waals surface area contributed by atoms with Gasteiger partial charge in [-0.2, -0.15) is 13.5 Å². The maximum Gasteiger partial charge on any atom is 0.270 e. The van der Waals surface area contributed by atoms with Crippen molar-refractivity contribution in [3.05, 3.63) is 0 Å². The van der Waals surface area contributed by atoms with Crippen molar-refractivity contribution in [2.75, 3.05) is 12.3 Å². The number of carbonyl (C=O) groups excluding carboxylic acids is 1. The van der Waals surface area contributed by atoms with Crippen molar-refractivity contribution in [3.8, 4) is 0 Å². The highest BCUT2D eigenvalue weighted by molar-refractivity contribution is 7.86. The van der Waals surface area contributed by atoms with E-state index in [2.05, 4.69) is 10.5 Å². The van der Waals surface area contributed by atoms with Gasteiger partial charge in [0.1, 0.15) is 11.5 Å². The lowest BCUT2D eigenvalue weighted by atomic mass is 10.3. The molecule has 0 saturated carbocycles. The molecule has 0 amide bonds. The molecule has 1 aliphatic rings. The normalized spacial score (nSPS) is 17.9. The van der Waals surface area contributed by atoms with Gasteiger partial charge < -0.3 is 5.43 Å². The summed E-state index contributed by atoms with van der Waals surface area (Å²) in [4.78, 5) is 10.7. The number of rotatable bonds is 2. The minimum Gasteiger partial charge on any atom is -0.302 e. The molecule has 0 atom stereocenters. The standard InChI is InChI=1S/C4H6N2O4S/c7-4-1-5-6-3(4)2-11(8,9)10/h5H,1-2H2,(H,8,9,10). The summed E-state index contributed by atoms with van der Waals surface area (Å²) >= 11 is 0. The van der Waals surface area contributed by atoms with Gasteiger partial charge in [-0.05, 0) is 0 Å². The zero-order chi connectivity index (χ0) is 8.48. The van der Waals surface area contributed by atoms with Crippen molar-refractivity contribution in [3.63, 3.8) is 0 Å². The van der Waals surface area contributed by atoms with E-state index >= 15 is 0 Å². The predicted molar refractivity (Wildman–Crippen MR) is 36.9 cm³/mol. The molecule has 0 spiro atoms. The molecule has 0 aliphatic carbocycles. The lowest BCUT2D eigenvalue weighted by Crippen LogP contribution is -2.22. The Morgan fingerprint density at radius 2 is 2.27 bits per heavy atom. The van der Waals surface area contributed by atoms with Crippen LogP contribution in [0.3, 0.4) is 0 Å². The predicted octanol–water partition coefficient (Wildman–Crippen LogP) is -1.60. The first-order valence-corrected chi connectivity index (χ1v) is 4.38. The van der Waals surface area contributed by atoms with Crippen LogP contribution in [0.2, 0.25) is 0 Å². The van der Waals surface area contributed by atoms with Crippen molar-refractivity contribution in [2.45, 2.75) is 0 Å². The van der Waals surface area contributed by atoms with Gasteiger partial charge in [-0.3, -0.25) is 9.35 Å². The lowest BCUT2D eigenvalue weighted by molar-refractivity contribution is -0.111. The molecule has 1 heterocycles. The Kier molecular flexibility index (Phi) is 1.92. The van der Waals surface area contributed by atoms with Gasteiger partial charge in [0.2, 0.25) is 5.78 Å². The van der Waals surface area contributed by atoms with E-state index in [9.17, 15) is 13.2 Å². The Bertz CT molecular complexity index is 304. The van der Waals surface area contributed by atoms with E-state index in [0.29, 0.717) is 0 Å². The third kappa shape index (κ3) is 2.28. The fourth-order valence-electron chi connectivity index (χ4n) is 0.657. The molecule has 1 aliphatic heterocycles. The number of carbonyl (C=O) groups is 1.